The van der Waals surface area contributed by atoms with Gasteiger partial charge in [0.1, 0.15) is 11.9 Å². The Kier molecular flexibility index (Phi) is 2.31. The van der Waals surface area contributed by atoms with Crippen LogP contribution in [0.2, 0.25) is 0 Å². The normalized spacial score (nSPS) is 19.6. The summed E-state index contributed by atoms with van der Waals surface area (Å²) in [5.74, 6) is 1.06. The van der Waals surface area contributed by atoms with E-state index < -0.39 is 6.10 Å². The van der Waals surface area contributed by atoms with Crippen LogP contribution in [-0.4, -0.2) is 5.11 Å². The van der Waals surface area contributed by atoms with Gasteiger partial charge in [0.25, 0.3) is 0 Å². The standard InChI is InChI=1S/C8H8Br2O2/c9-5-3-6(12-8(5)10)7(11)4-1-2-4/h3-4,7,11H,1-2H2. The fourth-order valence-electron chi connectivity index (χ4n) is 1.15. The lowest BCUT2D eigenvalue weighted by atomic mass is 10.2. The van der Waals surface area contributed by atoms with Gasteiger partial charge in [-0.05, 0) is 56.7 Å². The summed E-state index contributed by atoms with van der Waals surface area (Å²) >= 11 is 6.53. The highest BCUT2D eigenvalue weighted by molar-refractivity contribution is 9.13. The highest BCUT2D eigenvalue weighted by Gasteiger charge is 2.33. The van der Waals surface area contributed by atoms with Crippen molar-refractivity contribution >= 4 is 31.9 Å². The van der Waals surface area contributed by atoms with Crippen LogP contribution in [0.5, 0.6) is 0 Å². The predicted octanol–water partition coefficient (Wildman–Crippen LogP) is 3.25. The van der Waals surface area contributed by atoms with Crippen LogP contribution >= 0.6 is 31.9 Å². The molecule has 1 fully saturated rings. The van der Waals surface area contributed by atoms with Crippen LogP contribution in [0.3, 0.4) is 0 Å². The molecule has 1 aliphatic rings. The Bertz CT molecular complexity index is 272. The molecule has 0 aromatic carbocycles. The molecule has 1 heterocycles. The van der Waals surface area contributed by atoms with Crippen molar-refractivity contribution in [1.29, 1.82) is 0 Å². The minimum Gasteiger partial charge on any atom is -0.450 e. The summed E-state index contributed by atoms with van der Waals surface area (Å²) in [5, 5.41) is 9.66. The summed E-state index contributed by atoms with van der Waals surface area (Å²) in [6.45, 7) is 0. The van der Waals surface area contributed by atoms with Gasteiger partial charge in [0.2, 0.25) is 0 Å². The second kappa shape index (κ2) is 3.16. The molecule has 66 valence electrons. The third-order valence-corrected chi connectivity index (χ3v) is 3.73. The molecule has 4 heteroatoms. The molecule has 1 saturated carbocycles. The van der Waals surface area contributed by atoms with Gasteiger partial charge in [-0.3, -0.25) is 0 Å². The van der Waals surface area contributed by atoms with Gasteiger partial charge in [-0.2, -0.15) is 0 Å². The van der Waals surface area contributed by atoms with Crippen molar-refractivity contribution in [2.45, 2.75) is 18.9 Å². The lowest BCUT2D eigenvalue weighted by molar-refractivity contribution is 0.126. The van der Waals surface area contributed by atoms with Crippen molar-refractivity contribution in [2.75, 3.05) is 0 Å². The topological polar surface area (TPSA) is 33.4 Å². The minimum absolute atomic E-state index is 0.412. The van der Waals surface area contributed by atoms with E-state index in [1.54, 1.807) is 0 Å². The monoisotopic (exact) mass is 294 g/mol. The molecule has 0 radical (unpaired) electrons. The van der Waals surface area contributed by atoms with E-state index in [0.29, 0.717) is 16.3 Å². The number of aliphatic hydroxyl groups is 1. The first-order valence-corrected chi connectivity index (χ1v) is 5.40. The molecule has 1 N–H and O–H groups in total. The van der Waals surface area contributed by atoms with Gasteiger partial charge in [0.15, 0.2) is 4.67 Å². The molecule has 0 spiro atoms. The van der Waals surface area contributed by atoms with Crippen LogP contribution in [-0.2, 0) is 0 Å². The van der Waals surface area contributed by atoms with Crippen molar-refractivity contribution in [1.82, 2.24) is 0 Å². The van der Waals surface area contributed by atoms with Crippen LogP contribution in [0, 0.1) is 5.92 Å². The molecular weight excluding hydrogens is 288 g/mol. The molecule has 12 heavy (non-hydrogen) atoms. The number of furan rings is 1. The van der Waals surface area contributed by atoms with E-state index in [2.05, 4.69) is 31.9 Å². The van der Waals surface area contributed by atoms with E-state index in [4.69, 9.17) is 4.42 Å². The Morgan fingerprint density at radius 1 is 1.50 bits per heavy atom. The summed E-state index contributed by atoms with van der Waals surface area (Å²) in [5.41, 5.74) is 0. The average Bonchev–Trinajstić information content (AvgIpc) is 2.80. The fraction of sp³-hybridized carbons (Fsp3) is 0.500. The first-order valence-electron chi connectivity index (χ1n) is 3.81. The summed E-state index contributed by atoms with van der Waals surface area (Å²) < 4.78 is 6.81. The van der Waals surface area contributed by atoms with Crippen LogP contribution in [0.25, 0.3) is 0 Å². The Morgan fingerprint density at radius 2 is 2.17 bits per heavy atom. The first-order chi connectivity index (χ1) is 5.68. The Labute approximate surface area is 87.2 Å². The molecule has 1 aliphatic carbocycles. The number of hydrogen-bond acceptors (Lipinski definition) is 2. The zero-order valence-corrected chi connectivity index (χ0v) is 9.43. The number of hydrogen-bond donors (Lipinski definition) is 1. The molecule has 0 amide bonds. The van der Waals surface area contributed by atoms with E-state index in [1.807, 2.05) is 6.07 Å². The Morgan fingerprint density at radius 3 is 2.58 bits per heavy atom. The third kappa shape index (κ3) is 1.60. The quantitative estimate of drug-likeness (QED) is 0.909. The lowest BCUT2D eigenvalue weighted by Crippen LogP contribution is -1.96. The van der Waals surface area contributed by atoms with E-state index in [1.165, 1.54) is 0 Å². The SMILES string of the molecule is OC(c1cc(Br)c(Br)o1)C1CC1. The molecule has 0 saturated heterocycles. The summed E-state index contributed by atoms with van der Waals surface area (Å²) in [7, 11) is 0. The number of halogens is 2. The van der Waals surface area contributed by atoms with Crippen molar-refractivity contribution in [3.63, 3.8) is 0 Å². The van der Waals surface area contributed by atoms with E-state index in [9.17, 15) is 5.11 Å². The summed E-state index contributed by atoms with van der Waals surface area (Å²) in [6, 6.07) is 1.81. The predicted molar refractivity (Wildman–Crippen MR) is 51.8 cm³/mol. The molecule has 1 aromatic heterocycles. The highest BCUT2D eigenvalue weighted by atomic mass is 79.9. The molecule has 0 bridgehead atoms. The molecule has 2 rings (SSSR count). The number of aliphatic hydroxyl groups excluding tert-OH is 1. The largest absolute Gasteiger partial charge is 0.450 e. The van der Waals surface area contributed by atoms with Crippen LogP contribution in [0.1, 0.15) is 24.7 Å². The van der Waals surface area contributed by atoms with Crippen molar-refractivity contribution in [3.05, 3.63) is 21.0 Å². The van der Waals surface area contributed by atoms with Gasteiger partial charge in [-0.1, -0.05) is 0 Å². The molecular formula is C8H8Br2O2. The van der Waals surface area contributed by atoms with Gasteiger partial charge < -0.3 is 9.52 Å². The molecule has 0 aliphatic heterocycles. The van der Waals surface area contributed by atoms with Crippen molar-refractivity contribution in [2.24, 2.45) is 5.92 Å². The zero-order valence-electron chi connectivity index (χ0n) is 6.26. The van der Waals surface area contributed by atoms with E-state index in [-0.39, 0.29) is 0 Å². The maximum atomic E-state index is 9.66. The van der Waals surface area contributed by atoms with Crippen molar-refractivity contribution < 1.29 is 9.52 Å². The summed E-state index contributed by atoms with van der Waals surface area (Å²) in [6.07, 6.45) is 1.79. The average molecular weight is 296 g/mol. The van der Waals surface area contributed by atoms with E-state index >= 15 is 0 Å². The maximum Gasteiger partial charge on any atom is 0.183 e. The number of rotatable bonds is 2. The van der Waals surface area contributed by atoms with Gasteiger partial charge in [0, 0.05) is 0 Å². The molecule has 1 unspecified atom stereocenters. The fourth-order valence-corrected chi connectivity index (χ4v) is 1.76. The van der Waals surface area contributed by atoms with Gasteiger partial charge >= 0.3 is 0 Å². The zero-order chi connectivity index (χ0) is 8.72. The Hall–Kier alpha value is 0.200. The second-order valence-electron chi connectivity index (χ2n) is 3.05. The first kappa shape index (κ1) is 8.78. The molecule has 1 aromatic rings. The van der Waals surface area contributed by atoms with Gasteiger partial charge in [-0.15, -0.1) is 0 Å². The van der Waals surface area contributed by atoms with Crippen molar-refractivity contribution in [3.8, 4) is 0 Å². The molecule has 2 nitrogen and oxygen atoms in total. The maximum absolute atomic E-state index is 9.66. The third-order valence-electron chi connectivity index (χ3n) is 2.02. The summed E-state index contributed by atoms with van der Waals surface area (Å²) in [4.78, 5) is 0. The Balaban J connectivity index is 2.21. The minimum atomic E-state index is -0.424. The van der Waals surface area contributed by atoms with Crippen LogP contribution < -0.4 is 0 Å². The highest BCUT2D eigenvalue weighted by Crippen LogP contribution is 2.43. The molecule has 1 atom stereocenters. The van der Waals surface area contributed by atoms with E-state index in [0.717, 1.165) is 17.3 Å². The second-order valence-corrected chi connectivity index (χ2v) is 4.63. The lowest BCUT2D eigenvalue weighted by Gasteiger charge is -2.03. The van der Waals surface area contributed by atoms with Gasteiger partial charge in [-0.25, -0.2) is 0 Å². The van der Waals surface area contributed by atoms with Gasteiger partial charge in [0.05, 0.1) is 4.47 Å². The smallest absolute Gasteiger partial charge is 0.183 e. The van der Waals surface area contributed by atoms with Crippen LogP contribution in [0.4, 0.5) is 0 Å². The van der Waals surface area contributed by atoms with Crippen LogP contribution in [0.15, 0.2) is 19.6 Å².